The molecule has 1 saturated heterocycles. The number of phenolic OH excluding ortho intramolecular Hbond substituents is 1. The van der Waals surface area contributed by atoms with Crippen molar-refractivity contribution >= 4 is 19.1 Å². The van der Waals surface area contributed by atoms with Gasteiger partial charge >= 0.3 is 7.52 Å². The zero-order valence-corrected chi connectivity index (χ0v) is 11.5. The van der Waals surface area contributed by atoms with Crippen LogP contribution >= 0.6 is 7.52 Å². The molecule has 6 nitrogen and oxygen atoms in total. The minimum atomic E-state index is -3.91. The van der Waals surface area contributed by atoms with Gasteiger partial charge in [-0.2, -0.15) is 0 Å². The molecule has 7 heteroatoms. The van der Waals surface area contributed by atoms with Crippen LogP contribution in [0.25, 0.3) is 0 Å². The fourth-order valence-electron chi connectivity index (χ4n) is 2.15. The third kappa shape index (κ3) is 2.91. The van der Waals surface area contributed by atoms with Gasteiger partial charge in [0, 0.05) is 13.6 Å². The van der Waals surface area contributed by atoms with E-state index >= 15 is 0 Å². The van der Waals surface area contributed by atoms with Crippen molar-refractivity contribution in [3.05, 3.63) is 24.3 Å². The molecule has 3 N–H and O–H groups in total. The first-order valence-corrected chi connectivity index (χ1v) is 7.78. The molecular formula is C12H17N2O4P. The van der Waals surface area contributed by atoms with Crippen LogP contribution in [-0.4, -0.2) is 40.1 Å². The molecule has 0 spiro atoms. The van der Waals surface area contributed by atoms with E-state index in [0.717, 1.165) is 0 Å². The summed E-state index contributed by atoms with van der Waals surface area (Å²) >= 11 is 0. The maximum Gasteiger partial charge on any atom is 0.303 e. The molecule has 2 atom stereocenters. The second-order valence-corrected chi connectivity index (χ2v) is 6.76. The molecule has 104 valence electrons. The maximum absolute atomic E-state index is 12.3. The first kappa shape index (κ1) is 13.9. The van der Waals surface area contributed by atoms with Crippen molar-refractivity contribution < 1.29 is 19.4 Å². The molecule has 1 heterocycles. The van der Waals surface area contributed by atoms with E-state index < -0.39 is 13.2 Å². The van der Waals surface area contributed by atoms with Crippen molar-refractivity contribution in [2.24, 2.45) is 0 Å². The average Bonchev–Trinajstić information content (AvgIpc) is 2.35. The number of para-hydroxylation sites is 2. The Bertz CT molecular complexity index is 534. The largest absolute Gasteiger partial charge is 0.506 e. The highest BCUT2D eigenvalue weighted by Crippen LogP contribution is 2.50. The number of amides is 1. The van der Waals surface area contributed by atoms with E-state index in [-0.39, 0.29) is 17.3 Å². The molecular weight excluding hydrogens is 267 g/mol. The van der Waals surface area contributed by atoms with Crippen molar-refractivity contribution in [1.29, 1.82) is 0 Å². The standard InChI is InChI=1S/C12H17N2O4P/c1-14-8-4-7-11(12(14)16)19(17,18)13-9-5-2-3-6-10(9)15/h2-3,5-6,11,15H,4,7-8H2,1H3,(H2,13,17,18). The summed E-state index contributed by atoms with van der Waals surface area (Å²) < 4.78 is 12.3. The molecule has 0 bridgehead atoms. The Kier molecular flexibility index (Phi) is 3.83. The summed E-state index contributed by atoms with van der Waals surface area (Å²) in [6.07, 6.45) is 1.07. The SMILES string of the molecule is CN1CCCC(P(=O)(O)Nc2ccccc2O)C1=O. The Hall–Kier alpha value is -1.52. The first-order valence-electron chi connectivity index (χ1n) is 6.05. The number of hydrogen-bond acceptors (Lipinski definition) is 3. The van der Waals surface area contributed by atoms with E-state index in [0.29, 0.717) is 19.4 Å². The van der Waals surface area contributed by atoms with Crippen molar-refractivity contribution in [1.82, 2.24) is 4.90 Å². The number of carbonyl (C=O) groups is 1. The van der Waals surface area contributed by atoms with Gasteiger partial charge in [0.15, 0.2) is 0 Å². The highest BCUT2D eigenvalue weighted by Gasteiger charge is 2.41. The van der Waals surface area contributed by atoms with Crippen LogP contribution < -0.4 is 5.09 Å². The van der Waals surface area contributed by atoms with Crippen LogP contribution in [-0.2, 0) is 9.36 Å². The summed E-state index contributed by atoms with van der Waals surface area (Å²) in [5.74, 6) is -0.451. The lowest BCUT2D eigenvalue weighted by Crippen LogP contribution is -2.42. The monoisotopic (exact) mass is 284 g/mol. The molecule has 1 aliphatic rings. The van der Waals surface area contributed by atoms with E-state index in [1.165, 1.54) is 17.0 Å². The minimum absolute atomic E-state index is 0.117. The van der Waals surface area contributed by atoms with Gasteiger partial charge in [0.2, 0.25) is 5.91 Å². The van der Waals surface area contributed by atoms with E-state index in [1.807, 2.05) is 0 Å². The van der Waals surface area contributed by atoms with Crippen LogP contribution in [0, 0.1) is 0 Å². The molecule has 2 rings (SSSR count). The van der Waals surface area contributed by atoms with Crippen LogP contribution in [0.5, 0.6) is 5.75 Å². The number of rotatable bonds is 3. The van der Waals surface area contributed by atoms with Gasteiger partial charge in [0.1, 0.15) is 11.4 Å². The van der Waals surface area contributed by atoms with Crippen LogP contribution in [0.4, 0.5) is 5.69 Å². The predicted octanol–water partition coefficient (Wildman–Crippen LogP) is 1.61. The lowest BCUT2D eigenvalue weighted by atomic mass is 10.1. The fourth-order valence-corrected chi connectivity index (χ4v) is 3.87. The average molecular weight is 284 g/mol. The minimum Gasteiger partial charge on any atom is -0.506 e. The van der Waals surface area contributed by atoms with Gasteiger partial charge in [-0.3, -0.25) is 9.36 Å². The fraction of sp³-hybridized carbons (Fsp3) is 0.417. The van der Waals surface area contributed by atoms with Crippen molar-refractivity contribution in [3.63, 3.8) is 0 Å². The number of likely N-dealkylation sites (tertiary alicyclic amines) is 1. The van der Waals surface area contributed by atoms with Gasteiger partial charge in [-0.25, -0.2) is 0 Å². The van der Waals surface area contributed by atoms with Crippen LogP contribution in [0.15, 0.2) is 24.3 Å². The number of anilines is 1. The smallest absolute Gasteiger partial charge is 0.303 e. The zero-order valence-electron chi connectivity index (χ0n) is 10.6. The Morgan fingerprint density at radius 3 is 2.79 bits per heavy atom. The Morgan fingerprint density at radius 2 is 2.11 bits per heavy atom. The summed E-state index contributed by atoms with van der Waals surface area (Å²) in [5, 5.41) is 12.0. The number of phenols is 1. The van der Waals surface area contributed by atoms with E-state index in [1.54, 1.807) is 19.2 Å². The van der Waals surface area contributed by atoms with Crippen molar-refractivity contribution in [3.8, 4) is 5.75 Å². The quantitative estimate of drug-likeness (QED) is 0.579. The van der Waals surface area contributed by atoms with Gasteiger partial charge in [-0.15, -0.1) is 0 Å². The summed E-state index contributed by atoms with van der Waals surface area (Å²) in [7, 11) is -2.29. The second kappa shape index (κ2) is 5.23. The molecule has 1 amide bonds. The molecule has 19 heavy (non-hydrogen) atoms. The normalized spacial score (nSPS) is 22.9. The number of nitrogens with zero attached hydrogens (tertiary/aromatic N) is 1. The number of aromatic hydroxyl groups is 1. The van der Waals surface area contributed by atoms with Crippen LogP contribution in [0.1, 0.15) is 12.8 Å². The Morgan fingerprint density at radius 1 is 1.42 bits per heavy atom. The lowest BCUT2D eigenvalue weighted by molar-refractivity contribution is -0.131. The zero-order chi connectivity index (χ0) is 14.0. The molecule has 1 aromatic rings. The number of hydrogen-bond donors (Lipinski definition) is 3. The lowest BCUT2D eigenvalue weighted by Gasteiger charge is -2.32. The molecule has 1 aromatic carbocycles. The molecule has 0 aromatic heterocycles. The third-order valence-electron chi connectivity index (χ3n) is 3.24. The summed E-state index contributed by atoms with van der Waals surface area (Å²) in [6, 6.07) is 6.16. The number of benzene rings is 1. The van der Waals surface area contributed by atoms with Gasteiger partial charge in [0.05, 0.1) is 5.69 Å². The molecule has 1 aliphatic heterocycles. The van der Waals surface area contributed by atoms with Gasteiger partial charge in [0.25, 0.3) is 0 Å². The van der Waals surface area contributed by atoms with E-state index in [2.05, 4.69) is 5.09 Å². The van der Waals surface area contributed by atoms with Crippen molar-refractivity contribution in [2.75, 3.05) is 18.7 Å². The topological polar surface area (TPSA) is 89.9 Å². The highest BCUT2D eigenvalue weighted by atomic mass is 31.2. The Labute approximate surface area is 111 Å². The van der Waals surface area contributed by atoms with Gasteiger partial charge < -0.3 is 20.0 Å². The predicted molar refractivity (Wildman–Crippen MR) is 72.2 cm³/mol. The molecule has 2 unspecified atom stereocenters. The van der Waals surface area contributed by atoms with E-state index in [4.69, 9.17) is 0 Å². The molecule has 0 saturated carbocycles. The third-order valence-corrected chi connectivity index (χ3v) is 5.12. The number of carbonyl (C=O) groups excluding carboxylic acids is 1. The number of piperidine rings is 1. The summed E-state index contributed by atoms with van der Waals surface area (Å²) in [6.45, 7) is 0.603. The Balaban J connectivity index is 2.21. The summed E-state index contributed by atoms with van der Waals surface area (Å²) in [5.41, 5.74) is -0.791. The van der Waals surface area contributed by atoms with E-state index in [9.17, 15) is 19.4 Å². The van der Waals surface area contributed by atoms with Gasteiger partial charge in [-0.1, -0.05) is 12.1 Å². The second-order valence-electron chi connectivity index (χ2n) is 4.67. The molecule has 0 radical (unpaired) electrons. The first-order chi connectivity index (χ1) is 8.92. The van der Waals surface area contributed by atoms with Crippen molar-refractivity contribution in [2.45, 2.75) is 18.5 Å². The van der Waals surface area contributed by atoms with Gasteiger partial charge in [-0.05, 0) is 25.0 Å². The van der Waals surface area contributed by atoms with Crippen LogP contribution in [0.2, 0.25) is 0 Å². The molecule has 0 aliphatic carbocycles. The highest BCUT2D eigenvalue weighted by molar-refractivity contribution is 7.61. The molecule has 1 fully saturated rings. The summed E-state index contributed by atoms with van der Waals surface area (Å²) in [4.78, 5) is 23.5. The number of nitrogens with one attached hydrogen (secondary N) is 1. The maximum atomic E-state index is 12.3. The van der Waals surface area contributed by atoms with Crippen LogP contribution in [0.3, 0.4) is 0 Å².